The van der Waals surface area contributed by atoms with Gasteiger partial charge in [0.2, 0.25) is 5.91 Å². The van der Waals surface area contributed by atoms with Gasteiger partial charge < -0.3 is 10.0 Å². The van der Waals surface area contributed by atoms with Gasteiger partial charge in [0.15, 0.2) is 0 Å². The molecule has 2 aliphatic rings. The third-order valence-corrected chi connectivity index (χ3v) is 8.55. The topological polar surface area (TPSA) is 40.5 Å². The minimum absolute atomic E-state index is 0.00373. The molecule has 6 atom stereocenters. The molecule has 1 saturated carbocycles. The van der Waals surface area contributed by atoms with Gasteiger partial charge in [-0.05, 0) is 47.4 Å². The Morgan fingerprint density at radius 2 is 1.50 bits per heavy atom. The zero-order chi connectivity index (χ0) is 25.4. The van der Waals surface area contributed by atoms with Crippen LogP contribution in [0.2, 0.25) is 0 Å². The maximum Gasteiger partial charge on any atom is 0.226 e. The summed E-state index contributed by atoms with van der Waals surface area (Å²) >= 11 is 0. The number of likely N-dealkylation sites (tertiary alicyclic amines) is 1. The molecular formula is C31H33F2NO2. The molecule has 3 aromatic carbocycles. The van der Waals surface area contributed by atoms with Gasteiger partial charge in [0, 0.05) is 36.9 Å². The Morgan fingerprint density at radius 3 is 2.11 bits per heavy atom. The highest BCUT2D eigenvalue weighted by Crippen LogP contribution is 2.50. The second kappa shape index (κ2) is 9.78. The van der Waals surface area contributed by atoms with Gasteiger partial charge in [-0.3, -0.25) is 4.79 Å². The number of halogens is 2. The molecule has 5 rings (SSSR count). The SMILES string of the molecule is C[C@@H]1CN(C(=O)[C@@H]2CC(c3ccccc3)C[C@H]2c2ccc(F)cc2F)C[C@H](C)[C@@]1(O)c1ccccc1. The molecule has 3 aromatic rings. The number of benzene rings is 3. The number of carbonyl (C=O) groups excluding carboxylic acids is 1. The standard InChI is InChI=1S/C31H33F2NO2/c1-20-18-34(19-21(2)31(20,36)24-11-7-4-8-12-24)30(35)28-16-23(22-9-5-3-6-10-22)15-27(28)26-14-13-25(32)17-29(26)33/h3-14,17,20-21,23,27-28,36H,15-16,18-19H2,1-2H3/t20-,21+,23?,27-,28+,31-/m0/s1. The Labute approximate surface area is 211 Å². The second-order valence-electron chi connectivity index (χ2n) is 10.7. The molecule has 1 heterocycles. The quantitative estimate of drug-likeness (QED) is 0.471. The average Bonchev–Trinajstić information content (AvgIpc) is 3.32. The lowest BCUT2D eigenvalue weighted by molar-refractivity contribution is -0.153. The van der Waals surface area contributed by atoms with Crippen molar-refractivity contribution >= 4 is 5.91 Å². The minimum atomic E-state index is -1.03. The highest BCUT2D eigenvalue weighted by atomic mass is 19.1. The van der Waals surface area contributed by atoms with E-state index in [1.165, 1.54) is 12.1 Å². The maximum atomic E-state index is 14.9. The molecule has 1 saturated heterocycles. The Kier molecular flexibility index (Phi) is 6.69. The van der Waals surface area contributed by atoms with Crippen LogP contribution in [-0.4, -0.2) is 29.0 Å². The third kappa shape index (κ3) is 4.34. The normalized spacial score (nSPS) is 30.4. The Morgan fingerprint density at radius 1 is 0.889 bits per heavy atom. The molecule has 1 unspecified atom stereocenters. The molecule has 1 amide bonds. The molecule has 3 nitrogen and oxygen atoms in total. The molecule has 2 fully saturated rings. The molecule has 0 radical (unpaired) electrons. The number of amides is 1. The third-order valence-electron chi connectivity index (χ3n) is 8.55. The van der Waals surface area contributed by atoms with Crippen LogP contribution in [0.3, 0.4) is 0 Å². The van der Waals surface area contributed by atoms with Crippen molar-refractivity contribution in [3.63, 3.8) is 0 Å². The lowest BCUT2D eigenvalue weighted by atomic mass is 9.70. The summed E-state index contributed by atoms with van der Waals surface area (Å²) in [6, 6.07) is 23.4. The van der Waals surface area contributed by atoms with Crippen molar-refractivity contribution in [3.8, 4) is 0 Å². The number of nitrogens with zero attached hydrogens (tertiary/aromatic N) is 1. The summed E-state index contributed by atoms with van der Waals surface area (Å²) in [4.78, 5) is 15.9. The van der Waals surface area contributed by atoms with Crippen molar-refractivity contribution in [2.75, 3.05) is 13.1 Å². The van der Waals surface area contributed by atoms with E-state index in [4.69, 9.17) is 0 Å². The first-order valence-electron chi connectivity index (χ1n) is 12.9. The first-order valence-corrected chi connectivity index (χ1v) is 12.9. The van der Waals surface area contributed by atoms with Crippen molar-refractivity contribution < 1.29 is 18.7 Å². The predicted molar refractivity (Wildman–Crippen MR) is 136 cm³/mol. The molecule has 1 N–H and O–H groups in total. The van der Waals surface area contributed by atoms with Gasteiger partial charge in [-0.25, -0.2) is 8.78 Å². The highest BCUT2D eigenvalue weighted by molar-refractivity contribution is 5.81. The predicted octanol–water partition coefficient (Wildman–Crippen LogP) is 6.24. The summed E-state index contributed by atoms with van der Waals surface area (Å²) in [6.45, 7) is 4.84. The van der Waals surface area contributed by atoms with Crippen LogP contribution in [0.1, 0.15) is 55.2 Å². The van der Waals surface area contributed by atoms with E-state index in [9.17, 15) is 18.7 Å². The maximum absolute atomic E-state index is 14.9. The first-order chi connectivity index (χ1) is 17.3. The Balaban J connectivity index is 1.43. The second-order valence-corrected chi connectivity index (χ2v) is 10.7. The van der Waals surface area contributed by atoms with E-state index in [0.29, 0.717) is 31.5 Å². The molecule has 1 aliphatic heterocycles. The number of carbonyl (C=O) groups is 1. The van der Waals surface area contributed by atoms with Crippen molar-refractivity contribution in [2.45, 2.75) is 44.1 Å². The van der Waals surface area contributed by atoms with Gasteiger partial charge in [0.1, 0.15) is 11.6 Å². The average molecular weight is 490 g/mol. The van der Waals surface area contributed by atoms with Gasteiger partial charge in [0.05, 0.1) is 5.60 Å². The lowest BCUT2D eigenvalue weighted by Gasteiger charge is -2.48. The van der Waals surface area contributed by atoms with Crippen LogP contribution in [-0.2, 0) is 10.4 Å². The van der Waals surface area contributed by atoms with Crippen molar-refractivity contribution in [1.29, 1.82) is 0 Å². The van der Waals surface area contributed by atoms with Crippen LogP contribution in [0.5, 0.6) is 0 Å². The van der Waals surface area contributed by atoms with E-state index in [1.807, 2.05) is 67.3 Å². The van der Waals surface area contributed by atoms with Crippen molar-refractivity contribution in [1.82, 2.24) is 4.90 Å². The van der Waals surface area contributed by atoms with Crippen molar-refractivity contribution in [3.05, 3.63) is 107 Å². The Hall–Kier alpha value is -3.05. The fraction of sp³-hybridized carbons (Fsp3) is 0.387. The molecule has 0 spiro atoms. The van der Waals surface area contributed by atoms with Gasteiger partial charge >= 0.3 is 0 Å². The minimum Gasteiger partial charge on any atom is -0.384 e. The lowest BCUT2D eigenvalue weighted by Crippen LogP contribution is -2.56. The zero-order valence-corrected chi connectivity index (χ0v) is 20.8. The van der Waals surface area contributed by atoms with Crippen LogP contribution < -0.4 is 0 Å². The van der Waals surface area contributed by atoms with E-state index in [1.54, 1.807) is 0 Å². The van der Waals surface area contributed by atoms with Crippen molar-refractivity contribution in [2.24, 2.45) is 17.8 Å². The summed E-state index contributed by atoms with van der Waals surface area (Å²) < 4.78 is 28.6. The zero-order valence-electron chi connectivity index (χ0n) is 20.8. The van der Waals surface area contributed by atoms with Crippen LogP contribution in [0.4, 0.5) is 8.78 Å². The van der Waals surface area contributed by atoms with E-state index in [2.05, 4.69) is 12.1 Å². The largest absolute Gasteiger partial charge is 0.384 e. The molecule has 5 heteroatoms. The van der Waals surface area contributed by atoms with Crippen LogP contribution in [0, 0.1) is 29.4 Å². The number of hydrogen-bond donors (Lipinski definition) is 1. The fourth-order valence-electron chi connectivity index (χ4n) is 6.64. The molecule has 0 aromatic heterocycles. The number of hydrogen-bond acceptors (Lipinski definition) is 2. The monoisotopic (exact) mass is 489 g/mol. The van der Waals surface area contributed by atoms with Gasteiger partial charge in [-0.1, -0.05) is 80.6 Å². The molecular weight excluding hydrogens is 456 g/mol. The van der Waals surface area contributed by atoms with E-state index >= 15 is 0 Å². The van der Waals surface area contributed by atoms with Gasteiger partial charge in [0.25, 0.3) is 0 Å². The highest BCUT2D eigenvalue weighted by Gasteiger charge is 2.49. The fourth-order valence-corrected chi connectivity index (χ4v) is 6.64. The van der Waals surface area contributed by atoms with Gasteiger partial charge in [-0.2, -0.15) is 0 Å². The van der Waals surface area contributed by atoms with E-state index in [-0.39, 0.29) is 29.6 Å². The summed E-state index contributed by atoms with van der Waals surface area (Å²) in [5.41, 5.74) is 1.39. The van der Waals surface area contributed by atoms with E-state index in [0.717, 1.165) is 17.2 Å². The van der Waals surface area contributed by atoms with Crippen LogP contribution in [0.25, 0.3) is 0 Å². The summed E-state index contributed by atoms with van der Waals surface area (Å²) in [5, 5.41) is 11.7. The van der Waals surface area contributed by atoms with E-state index < -0.39 is 23.2 Å². The Bertz CT molecular complexity index is 1200. The molecule has 36 heavy (non-hydrogen) atoms. The molecule has 1 aliphatic carbocycles. The summed E-state index contributed by atoms with van der Waals surface area (Å²) in [6.07, 6.45) is 1.25. The smallest absolute Gasteiger partial charge is 0.226 e. The summed E-state index contributed by atoms with van der Waals surface area (Å²) in [7, 11) is 0. The van der Waals surface area contributed by atoms with Crippen LogP contribution in [0.15, 0.2) is 78.9 Å². The molecule has 188 valence electrons. The number of rotatable bonds is 4. The first kappa shape index (κ1) is 24.6. The summed E-state index contributed by atoms with van der Waals surface area (Å²) in [5.74, 6) is -2.16. The van der Waals surface area contributed by atoms with Gasteiger partial charge in [-0.15, -0.1) is 0 Å². The number of piperidine rings is 1. The van der Waals surface area contributed by atoms with Crippen LogP contribution >= 0.6 is 0 Å². The molecule has 0 bridgehead atoms. The number of aliphatic hydroxyl groups is 1.